The standard InChI is InChI=1S/C13H26N2O/c1-12(11-16-2)10-15-9-3-4-13(15)5-7-14-8-6-13/h12,14H,3-11H2,1-2H3. The number of nitrogens with zero attached hydrogens (tertiary/aromatic N) is 1. The Morgan fingerprint density at radius 2 is 2.06 bits per heavy atom. The molecule has 2 fully saturated rings. The molecule has 0 aromatic carbocycles. The lowest BCUT2D eigenvalue weighted by molar-refractivity contribution is 0.0636. The summed E-state index contributed by atoms with van der Waals surface area (Å²) in [4.78, 5) is 2.75. The Morgan fingerprint density at radius 3 is 2.75 bits per heavy atom. The number of hydrogen-bond acceptors (Lipinski definition) is 3. The highest BCUT2D eigenvalue weighted by Crippen LogP contribution is 2.37. The molecule has 1 atom stereocenters. The molecule has 0 saturated carbocycles. The van der Waals surface area contributed by atoms with Crippen LogP contribution < -0.4 is 5.32 Å². The molecule has 1 spiro atoms. The van der Waals surface area contributed by atoms with Crippen LogP contribution in [0.15, 0.2) is 0 Å². The number of methoxy groups -OCH3 is 1. The van der Waals surface area contributed by atoms with Gasteiger partial charge in [-0.3, -0.25) is 4.90 Å². The van der Waals surface area contributed by atoms with Crippen molar-refractivity contribution in [2.45, 2.75) is 38.1 Å². The summed E-state index contributed by atoms with van der Waals surface area (Å²) in [5.41, 5.74) is 0.535. The van der Waals surface area contributed by atoms with Crippen LogP contribution in [0.5, 0.6) is 0 Å². The van der Waals surface area contributed by atoms with Gasteiger partial charge in [0.25, 0.3) is 0 Å². The van der Waals surface area contributed by atoms with E-state index >= 15 is 0 Å². The Morgan fingerprint density at radius 1 is 1.31 bits per heavy atom. The Hall–Kier alpha value is -0.120. The third kappa shape index (κ3) is 2.58. The van der Waals surface area contributed by atoms with Gasteiger partial charge in [0.15, 0.2) is 0 Å². The summed E-state index contributed by atoms with van der Waals surface area (Å²) in [5.74, 6) is 0.662. The maximum absolute atomic E-state index is 5.25. The van der Waals surface area contributed by atoms with Crippen LogP contribution in [0.3, 0.4) is 0 Å². The number of piperidine rings is 1. The first-order valence-corrected chi connectivity index (χ1v) is 6.71. The van der Waals surface area contributed by atoms with Gasteiger partial charge < -0.3 is 10.1 Å². The molecule has 0 aromatic rings. The zero-order valence-corrected chi connectivity index (χ0v) is 10.8. The number of ether oxygens (including phenoxy) is 1. The number of hydrogen-bond donors (Lipinski definition) is 1. The lowest BCUT2D eigenvalue weighted by Crippen LogP contribution is -2.52. The zero-order valence-electron chi connectivity index (χ0n) is 10.8. The maximum atomic E-state index is 5.25. The second-order valence-electron chi connectivity index (χ2n) is 5.58. The lowest BCUT2D eigenvalue weighted by atomic mass is 9.85. The summed E-state index contributed by atoms with van der Waals surface area (Å²) in [5, 5.41) is 3.48. The van der Waals surface area contributed by atoms with Gasteiger partial charge in [0, 0.05) is 25.8 Å². The van der Waals surface area contributed by atoms with Crippen molar-refractivity contribution in [1.82, 2.24) is 10.2 Å². The average Bonchev–Trinajstić information content (AvgIpc) is 2.63. The summed E-state index contributed by atoms with van der Waals surface area (Å²) >= 11 is 0. The van der Waals surface area contributed by atoms with E-state index in [0.29, 0.717) is 11.5 Å². The highest BCUT2D eigenvalue weighted by atomic mass is 16.5. The van der Waals surface area contributed by atoms with Crippen LogP contribution in [-0.2, 0) is 4.74 Å². The van der Waals surface area contributed by atoms with Crippen molar-refractivity contribution in [3.63, 3.8) is 0 Å². The Kier molecular flexibility index (Phi) is 4.22. The Labute approximate surface area is 99.5 Å². The van der Waals surface area contributed by atoms with Crippen molar-refractivity contribution in [3.05, 3.63) is 0 Å². The molecule has 2 aliphatic rings. The van der Waals surface area contributed by atoms with Crippen molar-refractivity contribution in [3.8, 4) is 0 Å². The van der Waals surface area contributed by atoms with E-state index in [9.17, 15) is 0 Å². The molecule has 16 heavy (non-hydrogen) atoms. The second-order valence-corrected chi connectivity index (χ2v) is 5.58. The molecular weight excluding hydrogens is 200 g/mol. The van der Waals surface area contributed by atoms with Crippen LogP contribution >= 0.6 is 0 Å². The Bertz CT molecular complexity index is 214. The molecule has 1 unspecified atom stereocenters. The Balaban J connectivity index is 1.91. The topological polar surface area (TPSA) is 24.5 Å². The summed E-state index contributed by atoms with van der Waals surface area (Å²) in [6, 6.07) is 0. The summed E-state index contributed by atoms with van der Waals surface area (Å²) in [6.07, 6.45) is 5.48. The number of rotatable bonds is 4. The van der Waals surface area contributed by atoms with E-state index in [1.165, 1.54) is 51.9 Å². The minimum absolute atomic E-state index is 0.535. The predicted molar refractivity (Wildman–Crippen MR) is 66.7 cm³/mol. The van der Waals surface area contributed by atoms with Crippen LogP contribution in [-0.4, -0.2) is 50.3 Å². The minimum Gasteiger partial charge on any atom is -0.384 e. The maximum Gasteiger partial charge on any atom is 0.0500 e. The first-order valence-electron chi connectivity index (χ1n) is 6.71. The van der Waals surface area contributed by atoms with Crippen molar-refractivity contribution < 1.29 is 4.74 Å². The van der Waals surface area contributed by atoms with Gasteiger partial charge in [-0.15, -0.1) is 0 Å². The van der Waals surface area contributed by atoms with Gasteiger partial charge in [0.1, 0.15) is 0 Å². The fraction of sp³-hybridized carbons (Fsp3) is 1.00. The molecule has 1 N–H and O–H groups in total. The van der Waals surface area contributed by atoms with Crippen molar-refractivity contribution in [2.24, 2.45) is 5.92 Å². The van der Waals surface area contributed by atoms with Crippen molar-refractivity contribution >= 4 is 0 Å². The van der Waals surface area contributed by atoms with E-state index in [2.05, 4.69) is 17.1 Å². The highest BCUT2D eigenvalue weighted by molar-refractivity contribution is 4.98. The normalized spacial score (nSPS) is 27.4. The molecule has 0 amide bonds. The quantitative estimate of drug-likeness (QED) is 0.786. The van der Waals surface area contributed by atoms with Crippen LogP contribution in [0, 0.1) is 5.92 Å². The molecule has 2 heterocycles. The van der Waals surface area contributed by atoms with E-state index in [1.807, 2.05) is 0 Å². The van der Waals surface area contributed by atoms with Crippen LogP contribution in [0.4, 0.5) is 0 Å². The van der Waals surface area contributed by atoms with Gasteiger partial charge in [0.05, 0.1) is 0 Å². The van der Waals surface area contributed by atoms with Gasteiger partial charge in [-0.05, 0) is 51.2 Å². The van der Waals surface area contributed by atoms with Crippen molar-refractivity contribution in [1.29, 1.82) is 0 Å². The van der Waals surface area contributed by atoms with Crippen molar-refractivity contribution in [2.75, 3.05) is 39.9 Å². The predicted octanol–water partition coefficient (Wildman–Crippen LogP) is 1.49. The fourth-order valence-corrected chi connectivity index (χ4v) is 3.45. The van der Waals surface area contributed by atoms with E-state index in [0.717, 1.165) is 6.61 Å². The molecular formula is C13H26N2O. The number of nitrogens with one attached hydrogen (secondary N) is 1. The molecule has 2 saturated heterocycles. The van der Waals surface area contributed by atoms with Gasteiger partial charge in [-0.25, -0.2) is 0 Å². The lowest BCUT2D eigenvalue weighted by Gasteiger charge is -2.43. The number of likely N-dealkylation sites (tertiary alicyclic amines) is 1. The van der Waals surface area contributed by atoms with E-state index < -0.39 is 0 Å². The minimum atomic E-state index is 0.535. The molecule has 2 aliphatic heterocycles. The molecule has 0 radical (unpaired) electrons. The molecule has 0 aromatic heterocycles. The first-order chi connectivity index (χ1) is 7.77. The summed E-state index contributed by atoms with van der Waals surface area (Å²) in [6.45, 7) is 8.12. The van der Waals surface area contributed by atoms with E-state index in [1.54, 1.807) is 7.11 Å². The van der Waals surface area contributed by atoms with Gasteiger partial charge >= 0.3 is 0 Å². The summed E-state index contributed by atoms with van der Waals surface area (Å²) in [7, 11) is 1.81. The third-order valence-corrected chi connectivity index (χ3v) is 4.26. The molecule has 2 rings (SSSR count). The molecule has 0 bridgehead atoms. The smallest absolute Gasteiger partial charge is 0.0500 e. The van der Waals surface area contributed by atoms with Gasteiger partial charge in [0.2, 0.25) is 0 Å². The molecule has 3 heteroatoms. The highest BCUT2D eigenvalue weighted by Gasteiger charge is 2.41. The first kappa shape index (κ1) is 12.3. The molecule has 94 valence electrons. The molecule has 3 nitrogen and oxygen atoms in total. The average molecular weight is 226 g/mol. The summed E-state index contributed by atoms with van der Waals surface area (Å²) < 4.78 is 5.25. The largest absolute Gasteiger partial charge is 0.384 e. The van der Waals surface area contributed by atoms with E-state index in [4.69, 9.17) is 4.74 Å². The van der Waals surface area contributed by atoms with E-state index in [-0.39, 0.29) is 0 Å². The second kappa shape index (κ2) is 5.48. The van der Waals surface area contributed by atoms with Crippen LogP contribution in [0.2, 0.25) is 0 Å². The SMILES string of the molecule is COCC(C)CN1CCCC12CCNCC2. The van der Waals surface area contributed by atoms with Crippen LogP contribution in [0.25, 0.3) is 0 Å². The monoisotopic (exact) mass is 226 g/mol. The fourth-order valence-electron chi connectivity index (χ4n) is 3.45. The third-order valence-electron chi connectivity index (χ3n) is 4.26. The van der Waals surface area contributed by atoms with Crippen LogP contribution in [0.1, 0.15) is 32.6 Å². The van der Waals surface area contributed by atoms with Gasteiger partial charge in [-0.2, -0.15) is 0 Å². The zero-order chi connectivity index (χ0) is 11.4. The van der Waals surface area contributed by atoms with Gasteiger partial charge in [-0.1, -0.05) is 6.92 Å². The molecule has 0 aliphatic carbocycles.